The number of nitrogens with one attached hydrogen (secondary N) is 1. The summed E-state index contributed by atoms with van der Waals surface area (Å²) in [4.78, 5) is 0. The van der Waals surface area contributed by atoms with Gasteiger partial charge in [-0.25, -0.2) is 4.39 Å². The van der Waals surface area contributed by atoms with Gasteiger partial charge in [-0.15, -0.1) is 5.10 Å². The normalized spacial score (nSPS) is 10.1. The Balaban J connectivity index is 1.99. The van der Waals surface area contributed by atoms with Crippen LogP contribution in [0.3, 0.4) is 0 Å². The van der Waals surface area contributed by atoms with Crippen molar-refractivity contribution in [3.05, 3.63) is 53.5 Å². The van der Waals surface area contributed by atoms with Crippen molar-refractivity contribution in [3.8, 4) is 0 Å². The van der Waals surface area contributed by atoms with E-state index in [0.29, 0.717) is 12.4 Å². The molecule has 2 aromatic rings. The Bertz CT molecular complexity index is 468. The topological polar surface area (TPSA) is 37.8 Å². The minimum absolute atomic E-state index is 0.228. The molecule has 1 heterocycles. The molecule has 0 bridgehead atoms. The second kappa shape index (κ2) is 4.70. The lowest BCUT2D eigenvalue weighted by Crippen LogP contribution is -2.02. The van der Waals surface area contributed by atoms with E-state index < -0.39 is 0 Å². The Kier molecular flexibility index (Phi) is 3.10. The summed E-state index contributed by atoms with van der Waals surface area (Å²) in [5.41, 5.74) is 1.75. The Morgan fingerprint density at radius 2 is 2.06 bits per heavy atom. The lowest BCUT2D eigenvalue weighted by molar-refractivity contribution is 0.626. The fourth-order valence-corrected chi connectivity index (χ4v) is 1.33. The summed E-state index contributed by atoms with van der Waals surface area (Å²) in [5, 5.41) is 11.0. The van der Waals surface area contributed by atoms with Gasteiger partial charge in [-0.3, -0.25) is 0 Å². The summed E-state index contributed by atoms with van der Waals surface area (Å²) >= 11 is 0. The van der Waals surface area contributed by atoms with Crippen LogP contribution in [0.2, 0.25) is 0 Å². The van der Waals surface area contributed by atoms with E-state index in [0.717, 1.165) is 11.3 Å². The lowest BCUT2D eigenvalue weighted by Gasteiger charge is -2.04. The number of rotatable bonds is 3. The molecule has 0 aliphatic carbocycles. The van der Waals surface area contributed by atoms with Crippen molar-refractivity contribution < 1.29 is 4.39 Å². The van der Waals surface area contributed by atoms with Crippen molar-refractivity contribution in [2.75, 3.05) is 5.32 Å². The first-order chi connectivity index (χ1) is 7.74. The summed E-state index contributed by atoms with van der Waals surface area (Å²) in [5.74, 6) is 0.462. The minimum atomic E-state index is -0.228. The molecule has 1 aromatic carbocycles. The highest BCUT2D eigenvalue weighted by atomic mass is 19.1. The molecule has 2 rings (SSSR count). The van der Waals surface area contributed by atoms with E-state index in [-0.39, 0.29) is 5.82 Å². The highest BCUT2D eigenvalue weighted by molar-refractivity contribution is 5.34. The summed E-state index contributed by atoms with van der Waals surface area (Å²) < 4.78 is 12.9. The fourth-order valence-electron chi connectivity index (χ4n) is 1.33. The van der Waals surface area contributed by atoms with E-state index in [1.807, 2.05) is 25.1 Å². The third kappa shape index (κ3) is 2.76. The number of hydrogen-bond acceptors (Lipinski definition) is 3. The van der Waals surface area contributed by atoms with Crippen LogP contribution in [0.15, 0.2) is 36.4 Å². The molecule has 0 atom stereocenters. The molecule has 0 aliphatic rings. The number of aryl methyl sites for hydroxylation is 1. The monoisotopic (exact) mass is 217 g/mol. The zero-order chi connectivity index (χ0) is 11.4. The van der Waals surface area contributed by atoms with Crippen LogP contribution in [0.5, 0.6) is 0 Å². The highest BCUT2D eigenvalue weighted by Crippen LogP contribution is 2.07. The quantitative estimate of drug-likeness (QED) is 0.858. The van der Waals surface area contributed by atoms with Crippen molar-refractivity contribution in [2.45, 2.75) is 13.5 Å². The molecule has 0 aliphatic heterocycles. The molecule has 4 heteroatoms. The molecule has 16 heavy (non-hydrogen) atoms. The van der Waals surface area contributed by atoms with Crippen LogP contribution in [0.1, 0.15) is 11.3 Å². The molecule has 0 radical (unpaired) electrons. The maximum atomic E-state index is 12.9. The Labute approximate surface area is 93.3 Å². The van der Waals surface area contributed by atoms with E-state index in [1.54, 1.807) is 6.07 Å². The Morgan fingerprint density at radius 1 is 1.19 bits per heavy atom. The molecular weight excluding hydrogens is 205 g/mol. The largest absolute Gasteiger partial charge is 0.365 e. The fraction of sp³-hybridized carbons (Fsp3) is 0.167. The number of hydrogen-bond donors (Lipinski definition) is 1. The van der Waals surface area contributed by atoms with Crippen LogP contribution < -0.4 is 5.32 Å². The number of benzene rings is 1. The van der Waals surface area contributed by atoms with E-state index in [4.69, 9.17) is 0 Å². The van der Waals surface area contributed by atoms with Gasteiger partial charge in [-0.1, -0.05) is 12.1 Å². The first-order valence-electron chi connectivity index (χ1n) is 5.03. The van der Waals surface area contributed by atoms with Gasteiger partial charge in [0.2, 0.25) is 0 Å². The van der Waals surface area contributed by atoms with Crippen LogP contribution in [-0.2, 0) is 6.54 Å². The summed E-state index contributed by atoms with van der Waals surface area (Å²) in [6.07, 6.45) is 0. The van der Waals surface area contributed by atoms with Crippen molar-refractivity contribution in [3.63, 3.8) is 0 Å². The average Bonchev–Trinajstić information content (AvgIpc) is 2.28. The Hall–Kier alpha value is -1.97. The average molecular weight is 217 g/mol. The van der Waals surface area contributed by atoms with E-state index in [1.165, 1.54) is 12.1 Å². The molecule has 1 N–H and O–H groups in total. The molecule has 1 aromatic heterocycles. The van der Waals surface area contributed by atoms with Gasteiger partial charge in [0.05, 0.1) is 5.69 Å². The third-order valence-corrected chi connectivity index (χ3v) is 2.16. The molecule has 82 valence electrons. The van der Waals surface area contributed by atoms with Crippen molar-refractivity contribution in [1.29, 1.82) is 0 Å². The standard InChI is InChI=1S/C12H12FN3/c1-9-5-6-12(16-15-9)14-8-10-3-2-4-11(13)7-10/h2-7H,8H2,1H3,(H,14,16). The van der Waals surface area contributed by atoms with Gasteiger partial charge >= 0.3 is 0 Å². The Morgan fingerprint density at radius 3 is 2.75 bits per heavy atom. The van der Waals surface area contributed by atoms with Gasteiger partial charge in [0.25, 0.3) is 0 Å². The maximum absolute atomic E-state index is 12.9. The van der Waals surface area contributed by atoms with Crippen LogP contribution in [-0.4, -0.2) is 10.2 Å². The third-order valence-electron chi connectivity index (χ3n) is 2.16. The van der Waals surface area contributed by atoms with E-state index in [2.05, 4.69) is 15.5 Å². The van der Waals surface area contributed by atoms with Crippen LogP contribution in [0.4, 0.5) is 10.2 Å². The van der Waals surface area contributed by atoms with Gasteiger partial charge in [-0.05, 0) is 36.8 Å². The maximum Gasteiger partial charge on any atom is 0.148 e. The predicted octanol–water partition coefficient (Wildman–Crippen LogP) is 2.54. The van der Waals surface area contributed by atoms with Gasteiger partial charge in [0, 0.05) is 6.54 Å². The molecule has 3 nitrogen and oxygen atoms in total. The lowest BCUT2D eigenvalue weighted by atomic mass is 10.2. The van der Waals surface area contributed by atoms with Crippen molar-refractivity contribution in [2.24, 2.45) is 0 Å². The van der Waals surface area contributed by atoms with Gasteiger partial charge < -0.3 is 5.32 Å². The first-order valence-corrected chi connectivity index (χ1v) is 5.03. The molecule has 0 fully saturated rings. The SMILES string of the molecule is Cc1ccc(NCc2cccc(F)c2)nn1. The summed E-state index contributed by atoms with van der Waals surface area (Å²) in [6.45, 7) is 2.42. The van der Waals surface area contributed by atoms with Crippen molar-refractivity contribution >= 4 is 5.82 Å². The molecule has 0 unspecified atom stereocenters. The first kappa shape index (κ1) is 10.5. The summed E-state index contributed by atoms with van der Waals surface area (Å²) in [6, 6.07) is 10.2. The molecule has 0 saturated heterocycles. The van der Waals surface area contributed by atoms with E-state index in [9.17, 15) is 4.39 Å². The predicted molar refractivity (Wildman–Crippen MR) is 60.5 cm³/mol. The zero-order valence-corrected chi connectivity index (χ0v) is 8.94. The molecule has 0 spiro atoms. The molecular formula is C12H12FN3. The van der Waals surface area contributed by atoms with Crippen LogP contribution in [0, 0.1) is 12.7 Å². The van der Waals surface area contributed by atoms with Gasteiger partial charge in [0.1, 0.15) is 11.6 Å². The van der Waals surface area contributed by atoms with E-state index >= 15 is 0 Å². The number of halogens is 1. The van der Waals surface area contributed by atoms with Gasteiger partial charge in [-0.2, -0.15) is 5.10 Å². The summed E-state index contributed by atoms with van der Waals surface area (Å²) in [7, 11) is 0. The second-order valence-corrected chi connectivity index (χ2v) is 3.54. The highest BCUT2D eigenvalue weighted by Gasteiger charge is 1.97. The second-order valence-electron chi connectivity index (χ2n) is 3.54. The van der Waals surface area contributed by atoms with Gasteiger partial charge in [0.15, 0.2) is 0 Å². The zero-order valence-electron chi connectivity index (χ0n) is 8.94. The number of anilines is 1. The smallest absolute Gasteiger partial charge is 0.148 e. The molecule has 0 saturated carbocycles. The minimum Gasteiger partial charge on any atom is -0.365 e. The molecule has 0 amide bonds. The van der Waals surface area contributed by atoms with Crippen molar-refractivity contribution in [1.82, 2.24) is 10.2 Å². The number of aromatic nitrogens is 2. The number of nitrogens with zero attached hydrogens (tertiary/aromatic N) is 2. The van der Waals surface area contributed by atoms with Crippen LogP contribution >= 0.6 is 0 Å². The van der Waals surface area contributed by atoms with Crippen LogP contribution in [0.25, 0.3) is 0 Å².